The SMILES string of the molecule is CCCNC(C)C(C)c1nc(-c2ccn(C)n2)no1. The Morgan fingerprint density at radius 2 is 2.21 bits per heavy atom. The number of aryl methyl sites for hydroxylation is 1. The minimum atomic E-state index is 0.177. The normalized spacial score (nSPS) is 14.5. The van der Waals surface area contributed by atoms with Gasteiger partial charge in [-0.3, -0.25) is 4.68 Å². The zero-order chi connectivity index (χ0) is 13.8. The van der Waals surface area contributed by atoms with Crippen LogP contribution in [0.4, 0.5) is 0 Å². The van der Waals surface area contributed by atoms with E-state index in [-0.39, 0.29) is 5.92 Å². The Labute approximate surface area is 113 Å². The van der Waals surface area contributed by atoms with E-state index in [9.17, 15) is 0 Å². The van der Waals surface area contributed by atoms with Crippen molar-refractivity contribution in [3.05, 3.63) is 18.2 Å². The lowest BCUT2D eigenvalue weighted by Crippen LogP contribution is -2.31. The van der Waals surface area contributed by atoms with Gasteiger partial charge in [0, 0.05) is 19.3 Å². The lowest BCUT2D eigenvalue weighted by molar-refractivity contribution is 0.331. The van der Waals surface area contributed by atoms with E-state index < -0.39 is 0 Å². The highest BCUT2D eigenvalue weighted by molar-refractivity contribution is 5.46. The van der Waals surface area contributed by atoms with Crippen LogP contribution in [0, 0.1) is 0 Å². The highest BCUT2D eigenvalue weighted by atomic mass is 16.5. The van der Waals surface area contributed by atoms with Gasteiger partial charge in [-0.1, -0.05) is 19.0 Å². The van der Waals surface area contributed by atoms with Crippen molar-refractivity contribution in [2.75, 3.05) is 6.54 Å². The summed E-state index contributed by atoms with van der Waals surface area (Å²) in [5, 5.41) is 11.7. The summed E-state index contributed by atoms with van der Waals surface area (Å²) in [6.07, 6.45) is 2.97. The maximum absolute atomic E-state index is 5.34. The molecule has 0 spiro atoms. The fourth-order valence-electron chi connectivity index (χ4n) is 1.82. The van der Waals surface area contributed by atoms with E-state index in [2.05, 4.69) is 41.3 Å². The highest BCUT2D eigenvalue weighted by Crippen LogP contribution is 2.20. The predicted molar refractivity (Wildman–Crippen MR) is 72.7 cm³/mol. The molecule has 2 aromatic rings. The molecule has 0 aliphatic rings. The predicted octanol–water partition coefficient (Wildman–Crippen LogP) is 1.96. The quantitative estimate of drug-likeness (QED) is 0.862. The molecule has 0 aliphatic heterocycles. The zero-order valence-electron chi connectivity index (χ0n) is 11.9. The first-order chi connectivity index (χ1) is 9.11. The van der Waals surface area contributed by atoms with Crippen LogP contribution < -0.4 is 5.32 Å². The van der Waals surface area contributed by atoms with Crippen LogP contribution in [-0.4, -0.2) is 32.5 Å². The summed E-state index contributed by atoms with van der Waals surface area (Å²) >= 11 is 0. The van der Waals surface area contributed by atoms with Crippen LogP contribution in [0.1, 0.15) is 39.0 Å². The fourth-order valence-corrected chi connectivity index (χ4v) is 1.82. The third kappa shape index (κ3) is 3.20. The molecule has 2 rings (SSSR count). The first-order valence-corrected chi connectivity index (χ1v) is 6.68. The maximum atomic E-state index is 5.34. The molecule has 2 atom stereocenters. The summed E-state index contributed by atoms with van der Waals surface area (Å²) in [5.41, 5.74) is 0.735. The number of hydrogen-bond donors (Lipinski definition) is 1. The van der Waals surface area contributed by atoms with Gasteiger partial charge in [-0.05, 0) is 26.0 Å². The van der Waals surface area contributed by atoms with E-state index in [1.807, 2.05) is 19.3 Å². The van der Waals surface area contributed by atoms with Gasteiger partial charge in [-0.25, -0.2) is 0 Å². The number of nitrogens with zero attached hydrogens (tertiary/aromatic N) is 4. The second-order valence-electron chi connectivity index (χ2n) is 4.86. The van der Waals surface area contributed by atoms with Crippen molar-refractivity contribution in [3.63, 3.8) is 0 Å². The lowest BCUT2D eigenvalue weighted by atomic mass is 10.0. The number of hydrogen-bond acceptors (Lipinski definition) is 5. The Bertz CT molecular complexity index is 519. The van der Waals surface area contributed by atoms with Crippen molar-refractivity contribution >= 4 is 0 Å². The molecule has 0 radical (unpaired) electrons. The summed E-state index contributed by atoms with van der Waals surface area (Å²) in [6.45, 7) is 7.36. The summed E-state index contributed by atoms with van der Waals surface area (Å²) in [4.78, 5) is 4.43. The Morgan fingerprint density at radius 1 is 1.42 bits per heavy atom. The van der Waals surface area contributed by atoms with Gasteiger partial charge < -0.3 is 9.84 Å². The second kappa shape index (κ2) is 5.97. The van der Waals surface area contributed by atoms with Gasteiger partial charge in [0.2, 0.25) is 11.7 Å². The fraction of sp³-hybridized carbons (Fsp3) is 0.615. The average molecular weight is 263 g/mol. The van der Waals surface area contributed by atoms with Crippen molar-refractivity contribution < 1.29 is 4.52 Å². The number of nitrogens with one attached hydrogen (secondary N) is 1. The van der Waals surface area contributed by atoms with E-state index >= 15 is 0 Å². The molecule has 104 valence electrons. The third-order valence-corrected chi connectivity index (χ3v) is 3.24. The van der Waals surface area contributed by atoms with E-state index in [1.165, 1.54) is 0 Å². The molecule has 2 unspecified atom stereocenters. The van der Waals surface area contributed by atoms with Crippen LogP contribution in [0.5, 0.6) is 0 Å². The molecule has 0 amide bonds. The first kappa shape index (κ1) is 13.7. The second-order valence-corrected chi connectivity index (χ2v) is 4.86. The van der Waals surface area contributed by atoms with Gasteiger partial charge in [0.25, 0.3) is 0 Å². The van der Waals surface area contributed by atoms with Crippen molar-refractivity contribution in [2.45, 2.75) is 39.2 Å². The van der Waals surface area contributed by atoms with Crippen molar-refractivity contribution in [1.29, 1.82) is 0 Å². The van der Waals surface area contributed by atoms with Crippen molar-refractivity contribution in [2.24, 2.45) is 7.05 Å². The monoisotopic (exact) mass is 263 g/mol. The van der Waals surface area contributed by atoms with Crippen LogP contribution in [0.3, 0.4) is 0 Å². The minimum Gasteiger partial charge on any atom is -0.339 e. The molecule has 0 saturated carbocycles. The van der Waals surface area contributed by atoms with Gasteiger partial charge in [0.05, 0.1) is 5.92 Å². The molecule has 1 N–H and O–H groups in total. The van der Waals surface area contributed by atoms with E-state index in [0.717, 1.165) is 18.7 Å². The number of rotatable bonds is 6. The molecule has 0 bridgehead atoms. The standard InChI is InChI=1S/C13H21N5O/c1-5-7-14-10(3)9(2)13-15-12(17-19-13)11-6-8-18(4)16-11/h6,8-10,14H,5,7H2,1-4H3. The molecule has 0 aliphatic carbocycles. The zero-order valence-corrected chi connectivity index (χ0v) is 11.9. The van der Waals surface area contributed by atoms with Gasteiger partial charge >= 0.3 is 0 Å². The van der Waals surface area contributed by atoms with Crippen molar-refractivity contribution in [3.8, 4) is 11.5 Å². The third-order valence-electron chi connectivity index (χ3n) is 3.24. The molecule has 0 saturated heterocycles. The molecule has 6 nitrogen and oxygen atoms in total. The molecular formula is C13H21N5O. The first-order valence-electron chi connectivity index (χ1n) is 6.68. The average Bonchev–Trinajstić information content (AvgIpc) is 3.03. The molecule has 19 heavy (non-hydrogen) atoms. The molecule has 0 fully saturated rings. The summed E-state index contributed by atoms with van der Waals surface area (Å²) in [5.74, 6) is 1.37. The number of aromatic nitrogens is 4. The van der Waals surface area contributed by atoms with E-state index in [0.29, 0.717) is 17.8 Å². The van der Waals surface area contributed by atoms with Gasteiger partial charge in [-0.15, -0.1) is 0 Å². The van der Waals surface area contributed by atoms with Crippen LogP contribution in [0.2, 0.25) is 0 Å². The maximum Gasteiger partial charge on any atom is 0.231 e. The Kier molecular flexibility index (Phi) is 4.31. The molecule has 6 heteroatoms. The smallest absolute Gasteiger partial charge is 0.231 e. The topological polar surface area (TPSA) is 68.8 Å². The van der Waals surface area contributed by atoms with E-state index in [4.69, 9.17) is 4.52 Å². The van der Waals surface area contributed by atoms with Gasteiger partial charge in [0.15, 0.2) is 0 Å². The largest absolute Gasteiger partial charge is 0.339 e. The summed E-state index contributed by atoms with van der Waals surface area (Å²) < 4.78 is 7.06. The lowest BCUT2D eigenvalue weighted by Gasteiger charge is -2.17. The highest BCUT2D eigenvalue weighted by Gasteiger charge is 2.21. The van der Waals surface area contributed by atoms with Crippen molar-refractivity contribution in [1.82, 2.24) is 25.2 Å². The Balaban J connectivity index is 2.08. The summed E-state index contributed by atoms with van der Waals surface area (Å²) in [7, 11) is 1.86. The van der Waals surface area contributed by atoms with Crippen LogP contribution in [0.25, 0.3) is 11.5 Å². The Morgan fingerprint density at radius 3 is 2.84 bits per heavy atom. The van der Waals surface area contributed by atoms with Crippen LogP contribution in [-0.2, 0) is 7.05 Å². The van der Waals surface area contributed by atoms with Crippen LogP contribution >= 0.6 is 0 Å². The molecule has 2 heterocycles. The molecule has 2 aromatic heterocycles. The minimum absolute atomic E-state index is 0.177. The van der Waals surface area contributed by atoms with E-state index in [1.54, 1.807) is 4.68 Å². The van der Waals surface area contributed by atoms with Gasteiger partial charge in [0.1, 0.15) is 5.69 Å². The van der Waals surface area contributed by atoms with Gasteiger partial charge in [-0.2, -0.15) is 10.1 Å². The summed E-state index contributed by atoms with van der Waals surface area (Å²) in [6, 6.07) is 2.18. The Hall–Kier alpha value is -1.69. The van der Waals surface area contributed by atoms with Crippen LogP contribution in [0.15, 0.2) is 16.8 Å². The molecular weight excluding hydrogens is 242 g/mol. The molecule has 0 aromatic carbocycles.